The average Bonchev–Trinajstić information content (AvgIpc) is 2.42. The maximum absolute atomic E-state index is 12.1. The molecule has 0 aromatic rings. The Morgan fingerprint density at radius 3 is 2.36 bits per heavy atom. The number of hydrogen-bond acceptors (Lipinski definition) is 5. The van der Waals surface area contributed by atoms with Crippen LogP contribution in [0.4, 0.5) is 4.79 Å². The minimum Gasteiger partial charge on any atom is -0.442 e. The quantitative estimate of drug-likeness (QED) is 0.624. The molecule has 0 bridgehead atoms. The molecule has 6 heteroatoms. The third kappa shape index (κ3) is 4.86. The predicted octanol–water partition coefficient (Wildman–Crippen LogP) is 2.73. The molecule has 0 aliphatic heterocycles. The summed E-state index contributed by atoms with van der Waals surface area (Å²) >= 11 is 0. The molecule has 1 N–H and O–H groups in total. The Morgan fingerprint density at radius 1 is 1.23 bits per heavy atom. The molecule has 0 saturated heterocycles. The number of Topliss-reactive ketones (excluding diaryl/α,β-unsaturated/α-hetero) is 2. The first-order valence-corrected chi connectivity index (χ1v) is 7.76. The van der Waals surface area contributed by atoms with E-state index in [1.165, 1.54) is 5.01 Å². The summed E-state index contributed by atoms with van der Waals surface area (Å²) in [6.07, 6.45) is 1.37. The minimum atomic E-state index is -0.606. The molecule has 0 spiro atoms. The van der Waals surface area contributed by atoms with E-state index >= 15 is 0 Å². The fraction of sp³-hybridized carbons (Fsp3) is 0.688. The summed E-state index contributed by atoms with van der Waals surface area (Å²) in [5.74, 6) is -0.340. The second kappa shape index (κ2) is 7.42. The summed E-state index contributed by atoms with van der Waals surface area (Å²) in [5.41, 5.74) is 3.04. The van der Waals surface area contributed by atoms with Gasteiger partial charge >= 0.3 is 6.09 Å². The number of hydrazine groups is 1. The molecule has 0 aromatic carbocycles. The summed E-state index contributed by atoms with van der Waals surface area (Å²) in [6.45, 7) is 9.24. The largest absolute Gasteiger partial charge is 0.442 e. The number of ether oxygens (including phenoxy) is 1. The van der Waals surface area contributed by atoms with Crippen LogP contribution >= 0.6 is 0 Å². The molecule has 0 atom stereocenters. The van der Waals surface area contributed by atoms with E-state index in [0.29, 0.717) is 31.5 Å². The van der Waals surface area contributed by atoms with Crippen molar-refractivity contribution in [3.63, 3.8) is 0 Å². The fourth-order valence-electron chi connectivity index (χ4n) is 2.19. The molecule has 6 nitrogen and oxygen atoms in total. The van der Waals surface area contributed by atoms with Crippen LogP contribution in [0.2, 0.25) is 0 Å². The van der Waals surface area contributed by atoms with Crippen molar-refractivity contribution in [3.05, 3.63) is 11.3 Å². The second-order valence-corrected chi connectivity index (χ2v) is 6.24. The lowest BCUT2D eigenvalue weighted by molar-refractivity contribution is -0.122. The van der Waals surface area contributed by atoms with E-state index in [0.717, 1.165) is 0 Å². The van der Waals surface area contributed by atoms with Crippen LogP contribution in [0.15, 0.2) is 11.3 Å². The van der Waals surface area contributed by atoms with Crippen LogP contribution in [-0.4, -0.2) is 34.8 Å². The van der Waals surface area contributed by atoms with Gasteiger partial charge in [0, 0.05) is 25.1 Å². The molecule has 1 aliphatic rings. The van der Waals surface area contributed by atoms with Crippen LogP contribution in [0.1, 0.15) is 60.3 Å². The number of carbonyl (C=O) groups is 3. The maximum Gasteiger partial charge on any atom is 0.429 e. The van der Waals surface area contributed by atoms with Gasteiger partial charge in [-0.2, -0.15) is 0 Å². The first-order valence-electron chi connectivity index (χ1n) is 7.76. The zero-order chi connectivity index (χ0) is 16.9. The topological polar surface area (TPSA) is 75.7 Å². The van der Waals surface area contributed by atoms with Crippen molar-refractivity contribution < 1.29 is 19.1 Å². The second-order valence-electron chi connectivity index (χ2n) is 6.24. The van der Waals surface area contributed by atoms with Crippen molar-refractivity contribution in [2.75, 3.05) is 6.54 Å². The molecule has 1 amide bonds. The summed E-state index contributed by atoms with van der Waals surface area (Å²) < 4.78 is 5.31. The highest BCUT2D eigenvalue weighted by atomic mass is 16.6. The van der Waals surface area contributed by atoms with Gasteiger partial charge in [0.25, 0.3) is 0 Å². The zero-order valence-corrected chi connectivity index (χ0v) is 14.1. The van der Waals surface area contributed by atoms with Crippen molar-refractivity contribution in [1.82, 2.24) is 10.4 Å². The van der Waals surface area contributed by atoms with E-state index < -0.39 is 11.7 Å². The van der Waals surface area contributed by atoms with Crippen molar-refractivity contribution in [3.8, 4) is 0 Å². The van der Waals surface area contributed by atoms with Crippen LogP contribution in [-0.2, 0) is 14.3 Å². The minimum absolute atomic E-state index is 0.152. The van der Waals surface area contributed by atoms with E-state index in [1.54, 1.807) is 34.6 Å². The molecule has 1 rings (SSSR count). The number of carbonyl (C=O) groups excluding carboxylic acids is 3. The average molecular weight is 310 g/mol. The standard InChI is InChI=1S/C16H26N2O4/c1-6-12(19)14-11(9-8-10-13(14)20)17-18(7-2)15(21)22-16(3,4)5/h17H,6-10H2,1-5H3. The van der Waals surface area contributed by atoms with Crippen LogP contribution < -0.4 is 5.43 Å². The van der Waals surface area contributed by atoms with Gasteiger partial charge in [0.15, 0.2) is 11.6 Å². The Morgan fingerprint density at radius 2 is 1.86 bits per heavy atom. The number of allylic oxidation sites excluding steroid dienone is 2. The number of rotatable bonds is 5. The molecule has 0 radical (unpaired) electrons. The molecule has 0 aromatic heterocycles. The number of nitrogens with one attached hydrogen (secondary N) is 1. The Labute approximate surface area is 131 Å². The van der Waals surface area contributed by atoms with Crippen LogP contribution in [0.5, 0.6) is 0 Å². The third-order valence-corrected chi connectivity index (χ3v) is 3.21. The number of ketones is 2. The van der Waals surface area contributed by atoms with Gasteiger partial charge in [-0.25, -0.2) is 9.80 Å². The van der Waals surface area contributed by atoms with Gasteiger partial charge in [0.1, 0.15) is 5.60 Å². The molecule has 1 aliphatic carbocycles. The van der Waals surface area contributed by atoms with E-state index in [-0.39, 0.29) is 23.6 Å². The summed E-state index contributed by atoms with van der Waals surface area (Å²) in [6, 6.07) is 0. The molecule has 0 fully saturated rings. The highest BCUT2D eigenvalue weighted by molar-refractivity contribution is 6.21. The monoisotopic (exact) mass is 310 g/mol. The first-order chi connectivity index (χ1) is 10.2. The van der Waals surface area contributed by atoms with E-state index in [4.69, 9.17) is 4.74 Å². The number of nitrogens with zero attached hydrogens (tertiary/aromatic N) is 1. The molecular formula is C16H26N2O4. The lowest BCUT2D eigenvalue weighted by Gasteiger charge is -2.30. The van der Waals surface area contributed by atoms with Crippen molar-refractivity contribution in [2.24, 2.45) is 0 Å². The molecule has 22 heavy (non-hydrogen) atoms. The zero-order valence-electron chi connectivity index (χ0n) is 14.1. The smallest absolute Gasteiger partial charge is 0.429 e. The van der Waals surface area contributed by atoms with Gasteiger partial charge in [-0.3, -0.25) is 15.0 Å². The summed E-state index contributed by atoms with van der Waals surface area (Å²) in [4.78, 5) is 36.2. The van der Waals surface area contributed by atoms with Crippen molar-refractivity contribution in [1.29, 1.82) is 0 Å². The van der Waals surface area contributed by atoms with Crippen LogP contribution in [0, 0.1) is 0 Å². The van der Waals surface area contributed by atoms with Crippen molar-refractivity contribution >= 4 is 17.7 Å². The lowest BCUT2D eigenvalue weighted by atomic mass is 9.91. The molecular weight excluding hydrogens is 284 g/mol. The number of amides is 1. The predicted molar refractivity (Wildman–Crippen MR) is 82.9 cm³/mol. The highest BCUT2D eigenvalue weighted by Crippen LogP contribution is 2.22. The summed E-state index contributed by atoms with van der Waals surface area (Å²) in [7, 11) is 0. The van der Waals surface area contributed by atoms with Gasteiger partial charge in [0.05, 0.1) is 5.57 Å². The Hall–Kier alpha value is -1.85. The first kappa shape index (κ1) is 18.2. The summed E-state index contributed by atoms with van der Waals surface area (Å²) in [5, 5.41) is 1.29. The normalized spacial score (nSPS) is 15.6. The SMILES string of the molecule is CCC(=O)C1=C(NN(CC)C(=O)OC(C)(C)C)CCCC1=O. The van der Waals surface area contributed by atoms with Gasteiger partial charge < -0.3 is 4.74 Å². The lowest BCUT2D eigenvalue weighted by Crippen LogP contribution is -2.46. The van der Waals surface area contributed by atoms with Gasteiger partial charge in [-0.05, 0) is 40.5 Å². The third-order valence-electron chi connectivity index (χ3n) is 3.21. The van der Waals surface area contributed by atoms with Crippen LogP contribution in [0.25, 0.3) is 0 Å². The highest BCUT2D eigenvalue weighted by Gasteiger charge is 2.28. The molecule has 0 unspecified atom stereocenters. The Bertz CT molecular complexity index is 489. The molecule has 0 heterocycles. The van der Waals surface area contributed by atoms with E-state index in [1.807, 2.05) is 0 Å². The number of hydrogen-bond donors (Lipinski definition) is 1. The van der Waals surface area contributed by atoms with E-state index in [2.05, 4.69) is 5.43 Å². The molecule has 0 saturated carbocycles. The molecule has 124 valence electrons. The fourth-order valence-corrected chi connectivity index (χ4v) is 2.19. The van der Waals surface area contributed by atoms with Gasteiger partial charge in [0.2, 0.25) is 0 Å². The Balaban J connectivity index is 2.98. The van der Waals surface area contributed by atoms with Gasteiger partial charge in [-0.15, -0.1) is 0 Å². The Kier molecular flexibility index (Phi) is 6.14. The van der Waals surface area contributed by atoms with Gasteiger partial charge in [-0.1, -0.05) is 6.92 Å². The van der Waals surface area contributed by atoms with Crippen LogP contribution in [0.3, 0.4) is 0 Å². The maximum atomic E-state index is 12.1. The van der Waals surface area contributed by atoms with Crippen molar-refractivity contribution in [2.45, 2.75) is 65.9 Å². The van der Waals surface area contributed by atoms with E-state index in [9.17, 15) is 14.4 Å².